The molecule has 154 valence electrons. The number of nitrogens with zero attached hydrogens (tertiary/aromatic N) is 2. The first-order valence-corrected chi connectivity index (χ1v) is 10.1. The van der Waals surface area contributed by atoms with Crippen molar-refractivity contribution in [3.8, 4) is 5.75 Å². The van der Waals surface area contributed by atoms with E-state index >= 15 is 0 Å². The van der Waals surface area contributed by atoms with Crippen LogP contribution in [0.1, 0.15) is 22.8 Å². The molecule has 1 saturated heterocycles. The zero-order chi connectivity index (χ0) is 20.8. The molecule has 0 radical (unpaired) electrons. The summed E-state index contributed by atoms with van der Waals surface area (Å²) >= 11 is 5.85. The van der Waals surface area contributed by atoms with Gasteiger partial charge in [-0.3, -0.25) is 9.59 Å². The Balaban J connectivity index is 1.48. The van der Waals surface area contributed by atoms with Gasteiger partial charge in [0.15, 0.2) is 6.10 Å². The molecule has 0 aliphatic carbocycles. The predicted octanol–water partition coefficient (Wildman–Crippen LogP) is 2.81. The lowest BCUT2D eigenvalue weighted by Crippen LogP contribution is -2.47. The van der Waals surface area contributed by atoms with E-state index in [2.05, 4.69) is 17.3 Å². The molecule has 2 aromatic carbocycles. The first kappa shape index (κ1) is 21.1. The maximum absolute atomic E-state index is 12.6. The number of likely N-dealkylation sites (N-methyl/N-ethyl adjacent to an activating group) is 1. The van der Waals surface area contributed by atoms with Gasteiger partial charge < -0.3 is 19.9 Å². The highest BCUT2D eigenvalue weighted by Crippen LogP contribution is 2.17. The molecular weight excluding hydrogens is 390 g/mol. The van der Waals surface area contributed by atoms with Gasteiger partial charge in [-0.1, -0.05) is 23.7 Å². The number of piperazine rings is 1. The fraction of sp³-hybridized carbons (Fsp3) is 0.364. The monoisotopic (exact) mass is 415 g/mol. The van der Waals surface area contributed by atoms with E-state index in [0.717, 1.165) is 31.7 Å². The molecule has 0 saturated carbocycles. The molecule has 29 heavy (non-hydrogen) atoms. The molecule has 0 spiro atoms. The van der Waals surface area contributed by atoms with Crippen LogP contribution in [0.5, 0.6) is 5.75 Å². The van der Waals surface area contributed by atoms with Gasteiger partial charge in [0, 0.05) is 43.3 Å². The molecule has 1 heterocycles. The second kappa shape index (κ2) is 9.76. The van der Waals surface area contributed by atoms with Crippen LogP contribution in [0.4, 0.5) is 0 Å². The van der Waals surface area contributed by atoms with E-state index in [9.17, 15) is 9.59 Å². The lowest BCUT2D eigenvalue weighted by molar-refractivity contribution is -0.127. The number of benzene rings is 2. The summed E-state index contributed by atoms with van der Waals surface area (Å²) in [6.07, 6.45) is -0.630. The SMILES string of the molecule is CC(Oc1ccc(Cl)cc1)C(=O)NCc1ccc(C(=O)N2CCN(C)CC2)cc1. The van der Waals surface area contributed by atoms with E-state index < -0.39 is 6.10 Å². The van der Waals surface area contributed by atoms with Crippen LogP contribution in [0, 0.1) is 0 Å². The number of nitrogens with one attached hydrogen (secondary N) is 1. The minimum Gasteiger partial charge on any atom is -0.481 e. The minimum atomic E-state index is -0.630. The van der Waals surface area contributed by atoms with Crippen LogP contribution in [-0.4, -0.2) is 60.9 Å². The lowest BCUT2D eigenvalue weighted by Gasteiger charge is -2.32. The van der Waals surface area contributed by atoms with E-state index in [4.69, 9.17) is 16.3 Å². The predicted molar refractivity (Wildman–Crippen MR) is 113 cm³/mol. The average molecular weight is 416 g/mol. The smallest absolute Gasteiger partial charge is 0.261 e. The highest BCUT2D eigenvalue weighted by molar-refractivity contribution is 6.30. The van der Waals surface area contributed by atoms with Gasteiger partial charge in [0.1, 0.15) is 5.75 Å². The molecule has 1 aliphatic heterocycles. The number of carbonyl (C=O) groups excluding carboxylic acids is 2. The van der Waals surface area contributed by atoms with Gasteiger partial charge in [-0.15, -0.1) is 0 Å². The minimum absolute atomic E-state index is 0.0543. The summed E-state index contributed by atoms with van der Waals surface area (Å²) in [5.41, 5.74) is 1.59. The summed E-state index contributed by atoms with van der Waals surface area (Å²) in [5, 5.41) is 3.47. The van der Waals surface area contributed by atoms with Crippen molar-refractivity contribution in [2.75, 3.05) is 33.2 Å². The summed E-state index contributed by atoms with van der Waals surface area (Å²) in [7, 11) is 2.06. The number of carbonyl (C=O) groups is 2. The molecule has 0 aromatic heterocycles. The molecule has 0 bridgehead atoms. The maximum atomic E-state index is 12.6. The largest absolute Gasteiger partial charge is 0.481 e. The Morgan fingerprint density at radius 2 is 1.66 bits per heavy atom. The van der Waals surface area contributed by atoms with Crippen LogP contribution in [-0.2, 0) is 11.3 Å². The van der Waals surface area contributed by atoms with Crippen molar-refractivity contribution >= 4 is 23.4 Å². The molecule has 2 amide bonds. The third kappa shape index (κ3) is 5.95. The number of hydrogen-bond donors (Lipinski definition) is 1. The quantitative estimate of drug-likeness (QED) is 0.788. The first-order valence-electron chi connectivity index (χ1n) is 9.69. The van der Waals surface area contributed by atoms with Crippen molar-refractivity contribution in [2.24, 2.45) is 0 Å². The van der Waals surface area contributed by atoms with E-state index in [0.29, 0.717) is 22.9 Å². The van der Waals surface area contributed by atoms with Crippen molar-refractivity contribution in [1.82, 2.24) is 15.1 Å². The topological polar surface area (TPSA) is 61.9 Å². The summed E-state index contributed by atoms with van der Waals surface area (Å²) in [6, 6.07) is 14.2. The van der Waals surface area contributed by atoms with Crippen molar-refractivity contribution in [3.63, 3.8) is 0 Å². The maximum Gasteiger partial charge on any atom is 0.261 e. The Morgan fingerprint density at radius 1 is 1.03 bits per heavy atom. The number of ether oxygens (including phenoxy) is 1. The van der Waals surface area contributed by atoms with Gasteiger partial charge >= 0.3 is 0 Å². The number of hydrogen-bond acceptors (Lipinski definition) is 4. The summed E-state index contributed by atoms with van der Waals surface area (Å²) in [4.78, 5) is 28.9. The number of halogens is 1. The molecular formula is C22H26ClN3O3. The van der Waals surface area contributed by atoms with Crippen molar-refractivity contribution in [1.29, 1.82) is 0 Å². The van der Waals surface area contributed by atoms with Gasteiger partial charge in [0.25, 0.3) is 11.8 Å². The molecule has 6 nitrogen and oxygen atoms in total. The van der Waals surface area contributed by atoms with Crippen LogP contribution in [0.2, 0.25) is 5.02 Å². The van der Waals surface area contributed by atoms with Gasteiger partial charge in [-0.2, -0.15) is 0 Å². The van der Waals surface area contributed by atoms with Crippen LogP contribution in [0.25, 0.3) is 0 Å². The Kier molecular flexibility index (Phi) is 7.12. The Morgan fingerprint density at radius 3 is 2.28 bits per heavy atom. The molecule has 1 aliphatic rings. The Bertz CT molecular complexity index is 831. The zero-order valence-corrected chi connectivity index (χ0v) is 17.5. The Labute approximate surface area is 176 Å². The van der Waals surface area contributed by atoms with Gasteiger partial charge in [0.2, 0.25) is 0 Å². The Hall–Kier alpha value is -2.57. The fourth-order valence-electron chi connectivity index (χ4n) is 3.06. The van der Waals surface area contributed by atoms with Gasteiger partial charge in [0.05, 0.1) is 0 Å². The van der Waals surface area contributed by atoms with E-state index in [-0.39, 0.29) is 11.8 Å². The highest BCUT2D eigenvalue weighted by atomic mass is 35.5. The number of amides is 2. The van der Waals surface area contributed by atoms with Crippen LogP contribution >= 0.6 is 11.6 Å². The lowest BCUT2D eigenvalue weighted by atomic mass is 10.1. The summed E-state index contributed by atoms with van der Waals surface area (Å²) < 4.78 is 5.62. The van der Waals surface area contributed by atoms with E-state index in [1.807, 2.05) is 29.2 Å². The van der Waals surface area contributed by atoms with Crippen molar-refractivity contribution in [2.45, 2.75) is 19.6 Å². The first-order chi connectivity index (χ1) is 13.9. The fourth-order valence-corrected chi connectivity index (χ4v) is 3.19. The normalized spacial score (nSPS) is 15.6. The molecule has 7 heteroatoms. The summed E-state index contributed by atoms with van der Waals surface area (Å²) in [6.45, 7) is 5.35. The second-order valence-electron chi connectivity index (χ2n) is 7.22. The van der Waals surface area contributed by atoms with Crippen LogP contribution in [0.15, 0.2) is 48.5 Å². The van der Waals surface area contributed by atoms with Gasteiger partial charge in [-0.05, 0) is 55.9 Å². The van der Waals surface area contributed by atoms with Crippen LogP contribution < -0.4 is 10.1 Å². The van der Waals surface area contributed by atoms with E-state index in [1.165, 1.54) is 0 Å². The number of rotatable bonds is 6. The second-order valence-corrected chi connectivity index (χ2v) is 7.66. The van der Waals surface area contributed by atoms with Gasteiger partial charge in [-0.25, -0.2) is 0 Å². The highest BCUT2D eigenvalue weighted by Gasteiger charge is 2.20. The van der Waals surface area contributed by atoms with Crippen LogP contribution in [0.3, 0.4) is 0 Å². The standard InChI is InChI=1S/C22H26ClN3O3/c1-16(29-20-9-7-19(23)8-10-20)21(27)24-15-17-3-5-18(6-4-17)22(28)26-13-11-25(2)12-14-26/h3-10,16H,11-15H2,1-2H3,(H,24,27). The van der Waals surface area contributed by atoms with Crippen molar-refractivity contribution in [3.05, 3.63) is 64.7 Å². The third-order valence-electron chi connectivity index (χ3n) is 4.95. The zero-order valence-electron chi connectivity index (χ0n) is 16.7. The average Bonchev–Trinajstić information content (AvgIpc) is 2.74. The van der Waals surface area contributed by atoms with Crippen molar-refractivity contribution < 1.29 is 14.3 Å². The molecule has 1 N–H and O–H groups in total. The molecule has 1 atom stereocenters. The molecule has 1 unspecified atom stereocenters. The molecule has 1 fully saturated rings. The summed E-state index contributed by atoms with van der Waals surface area (Å²) in [5.74, 6) is 0.431. The molecule has 2 aromatic rings. The third-order valence-corrected chi connectivity index (χ3v) is 5.21. The molecule has 3 rings (SSSR count). The van der Waals surface area contributed by atoms with E-state index in [1.54, 1.807) is 31.2 Å².